The number of carbonyl (C=O) groups is 1. The number of methoxy groups -OCH3 is 1. The van der Waals surface area contributed by atoms with Crippen molar-refractivity contribution in [2.45, 2.75) is 33.1 Å². The fourth-order valence-electron chi connectivity index (χ4n) is 3.33. The molecule has 27 heavy (non-hydrogen) atoms. The maximum Gasteiger partial charge on any atom is 0.216 e. The Hall–Kier alpha value is -2.82. The molecule has 3 rings (SSSR count). The normalized spacial score (nSPS) is 11.2. The van der Waals surface area contributed by atoms with Crippen molar-refractivity contribution in [3.63, 3.8) is 0 Å². The molecule has 2 N–H and O–H groups in total. The number of fused-ring (bicyclic) bond motifs is 1. The lowest BCUT2D eigenvalue weighted by Gasteiger charge is -2.10. The molecule has 0 aliphatic rings. The monoisotopic (exact) mass is 368 g/mol. The number of carbonyl (C=O) groups excluding carboxylic acids is 1. The molecular formula is C22H25FN2O2. The Labute approximate surface area is 158 Å². The molecule has 3 aromatic rings. The van der Waals surface area contributed by atoms with Crippen LogP contribution in [-0.2, 0) is 11.2 Å². The van der Waals surface area contributed by atoms with Crippen LogP contribution in [0.5, 0.6) is 5.75 Å². The molecule has 0 saturated heterocycles. The minimum Gasteiger partial charge on any atom is -0.494 e. The van der Waals surface area contributed by atoms with E-state index in [1.165, 1.54) is 25.7 Å². The van der Waals surface area contributed by atoms with Gasteiger partial charge < -0.3 is 15.0 Å². The van der Waals surface area contributed by atoms with E-state index >= 15 is 0 Å². The van der Waals surface area contributed by atoms with Gasteiger partial charge in [-0.15, -0.1) is 0 Å². The summed E-state index contributed by atoms with van der Waals surface area (Å²) in [6, 6.07) is 11.5. The van der Waals surface area contributed by atoms with Crippen molar-refractivity contribution in [3.05, 3.63) is 53.3 Å². The largest absolute Gasteiger partial charge is 0.494 e. The minimum atomic E-state index is -0.401. The second kappa shape index (κ2) is 7.82. The van der Waals surface area contributed by atoms with Crippen molar-refractivity contribution in [3.8, 4) is 17.0 Å². The first-order valence-electron chi connectivity index (χ1n) is 9.13. The quantitative estimate of drug-likeness (QED) is 0.658. The molecule has 0 bridgehead atoms. The maximum absolute atomic E-state index is 14.2. The predicted octanol–water partition coefficient (Wildman–Crippen LogP) is 4.78. The van der Waals surface area contributed by atoms with E-state index in [4.69, 9.17) is 4.74 Å². The smallest absolute Gasteiger partial charge is 0.216 e. The topological polar surface area (TPSA) is 54.1 Å². The number of hydrogen-bond acceptors (Lipinski definition) is 2. The number of halogens is 1. The minimum absolute atomic E-state index is 0.0678. The van der Waals surface area contributed by atoms with Crippen LogP contribution in [0.3, 0.4) is 0 Å². The first kappa shape index (κ1) is 19.0. The Kier molecular flexibility index (Phi) is 5.49. The highest BCUT2D eigenvalue weighted by Crippen LogP contribution is 2.35. The van der Waals surface area contributed by atoms with Crippen LogP contribution >= 0.6 is 0 Å². The van der Waals surface area contributed by atoms with Crippen molar-refractivity contribution in [1.82, 2.24) is 10.3 Å². The molecule has 142 valence electrons. The van der Waals surface area contributed by atoms with Gasteiger partial charge in [0.25, 0.3) is 0 Å². The lowest BCUT2D eigenvalue weighted by Crippen LogP contribution is -2.22. The van der Waals surface area contributed by atoms with Crippen LogP contribution in [0.15, 0.2) is 36.4 Å². The second-order valence-corrected chi connectivity index (χ2v) is 7.02. The van der Waals surface area contributed by atoms with Gasteiger partial charge in [-0.05, 0) is 41.2 Å². The summed E-state index contributed by atoms with van der Waals surface area (Å²) in [7, 11) is 1.46. The van der Waals surface area contributed by atoms with Gasteiger partial charge in [0, 0.05) is 36.1 Å². The highest BCUT2D eigenvalue weighted by atomic mass is 19.1. The van der Waals surface area contributed by atoms with Crippen LogP contribution < -0.4 is 10.1 Å². The van der Waals surface area contributed by atoms with Gasteiger partial charge in [-0.2, -0.15) is 0 Å². The van der Waals surface area contributed by atoms with Crippen molar-refractivity contribution < 1.29 is 13.9 Å². The van der Waals surface area contributed by atoms with Gasteiger partial charge in [-0.25, -0.2) is 4.39 Å². The molecule has 0 spiro atoms. The number of rotatable bonds is 6. The summed E-state index contributed by atoms with van der Waals surface area (Å²) in [5.41, 5.74) is 5.00. The Morgan fingerprint density at radius 1 is 1.26 bits per heavy atom. The Bertz CT molecular complexity index is 976. The molecule has 1 amide bonds. The molecule has 1 aromatic heterocycles. The molecule has 0 fully saturated rings. The number of benzene rings is 2. The average Bonchev–Trinajstić information content (AvgIpc) is 2.98. The summed E-state index contributed by atoms with van der Waals surface area (Å²) in [4.78, 5) is 14.6. The van der Waals surface area contributed by atoms with Gasteiger partial charge in [0.1, 0.15) is 0 Å². The highest BCUT2D eigenvalue weighted by Gasteiger charge is 2.17. The zero-order valence-corrected chi connectivity index (χ0v) is 16.2. The average molecular weight is 368 g/mol. The van der Waals surface area contributed by atoms with Gasteiger partial charge in [0.2, 0.25) is 5.91 Å². The third kappa shape index (κ3) is 3.97. The molecule has 0 atom stereocenters. The number of aromatic amines is 1. The Morgan fingerprint density at radius 2 is 2.04 bits per heavy atom. The lowest BCUT2D eigenvalue weighted by atomic mass is 9.97. The number of aromatic nitrogens is 1. The van der Waals surface area contributed by atoms with E-state index in [1.807, 2.05) is 12.1 Å². The summed E-state index contributed by atoms with van der Waals surface area (Å²) in [5.74, 6) is 0.156. The van der Waals surface area contributed by atoms with E-state index in [2.05, 4.69) is 36.3 Å². The van der Waals surface area contributed by atoms with Gasteiger partial charge in [-0.3, -0.25) is 4.79 Å². The molecule has 4 nitrogen and oxygen atoms in total. The standard InChI is InChI=1S/C22H25FN2O2/c1-13(2)15-6-5-7-16(10-15)22-17(8-9-24-14(3)26)18-11-21(27-4)19(23)12-20(18)25-22/h5-7,10-13,25H,8-9H2,1-4H3,(H,24,26). The summed E-state index contributed by atoms with van der Waals surface area (Å²) >= 11 is 0. The van der Waals surface area contributed by atoms with E-state index in [0.717, 1.165) is 27.7 Å². The van der Waals surface area contributed by atoms with Crippen LogP contribution in [0, 0.1) is 5.82 Å². The second-order valence-electron chi connectivity index (χ2n) is 7.02. The van der Waals surface area contributed by atoms with E-state index in [1.54, 1.807) is 6.07 Å². The van der Waals surface area contributed by atoms with Gasteiger partial charge in [0.15, 0.2) is 11.6 Å². The van der Waals surface area contributed by atoms with Gasteiger partial charge >= 0.3 is 0 Å². The molecule has 2 aromatic carbocycles. The number of hydrogen-bond donors (Lipinski definition) is 2. The van der Waals surface area contributed by atoms with E-state index in [-0.39, 0.29) is 11.7 Å². The van der Waals surface area contributed by atoms with E-state index in [0.29, 0.717) is 18.9 Å². The lowest BCUT2D eigenvalue weighted by molar-refractivity contribution is -0.118. The van der Waals surface area contributed by atoms with Crippen LogP contribution in [0.25, 0.3) is 22.2 Å². The highest BCUT2D eigenvalue weighted by molar-refractivity contribution is 5.92. The summed E-state index contributed by atoms with van der Waals surface area (Å²) < 4.78 is 19.3. The zero-order valence-electron chi connectivity index (χ0n) is 16.2. The molecule has 0 radical (unpaired) electrons. The molecule has 0 aliphatic carbocycles. The van der Waals surface area contributed by atoms with E-state index < -0.39 is 5.82 Å². The van der Waals surface area contributed by atoms with Crippen LogP contribution in [0.1, 0.15) is 37.8 Å². The van der Waals surface area contributed by atoms with Crippen molar-refractivity contribution in [2.75, 3.05) is 13.7 Å². The summed E-state index contributed by atoms with van der Waals surface area (Å²) in [6.45, 7) is 6.32. The molecule has 0 unspecified atom stereocenters. The molecule has 1 heterocycles. The Morgan fingerprint density at radius 3 is 2.70 bits per heavy atom. The van der Waals surface area contributed by atoms with Crippen LogP contribution in [-0.4, -0.2) is 24.5 Å². The van der Waals surface area contributed by atoms with Crippen LogP contribution in [0.4, 0.5) is 4.39 Å². The molecule has 0 aliphatic heterocycles. The van der Waals surface area contributed by atoms with Crippen molar-refractivity contribution in [1.29, 1.82) is 0 Å². The molecular weight excluding hydrogens is 343 g/mol. The molecule has 5 heteroatoms. The number of amides is 1. The van der Waals surface area contributed by atoms with Crippen molar-refractivity contribution >= 4 is 16.8 Å². The Balaban J connectivity index is 2.15. The summed E-state index contributed by atoms with van der Waals surface area (Å²) in [5, 5.41) is 3.74. The third-order valence-electron chi connectivity index (χ3n) is 4.77. The van der Waals surface area contributed by atoms with Crippen molar-refractivity contribution in [2.24, 2.45) is 0 Å². The number of ether oxygens (including phenoxy) is 1. The maximum atomic E-state index is 14.2. The SMILES string of the molecule is COc1cc2c(CCNC(C)=O)c(-c3cccc(C(C)C)c3)[nH]c2cc1F. The third-order valence-corrected chi connectivity index (χ3v) is 4.77. The number of nitrogens with one attached hydrogen (secondary N) is 2. The van der Waals surface area contributed by atoms with E-state index in [9.17, 15) is 9.18 Å². The summed E-state index contributed by atoms with van der Waals surface area (Å²) in [6.07, 6.45) is 0.635. The zero-order chi connectivity index (χ0) is 19.6. The molecule has 0 saturated carbocycles. The van der Waals surface area contributed by atoms with Gasteiger partial charge in [0.05, 0.1) is 7.11 Å². The predicted molar refractivity (Wildman–Crippen MR) is 107 cm³/mol. The fourth-order valence-corrected chi connectivity index (χ4v) is 3.33. The number of H-pyrrole nitrogens is 1. The first-order chi connectivity index (χ1) is 12.9. The first-order valence-corrected chi connectivity index (χ1v) is 9.13. The van der Waals surface area contributed by atoms with Crippen LogP contribution in [0.2, 0.25) is 0 Å². The fraction of sp³-hybridized carbons (Fsp3) is 0.318. The van der Waals surface area contributed by atoms with Gasteiger partial charge in [-0.1, -0.05) is 32.0 Å².